The highest BCUT2D eigenvalue weighted by Crippen LogP contribution is 2.46. The van der Waals surface area contributed by atoms with E-state index in [4.69, 9.17) is 5.73 Å². The van der Waals surface area contributed by atoms with Crippen LogP contribution in [0.1, 0.15) is 44.7 Å². The van der Waals surface area contributed by atoms with Crippen LogP contribution in [0.25, 0.3) is 0 Å². The number of aromatic hydroxyl groups is 2. The lowest BCUT2D eigenvalue weighted by Crippen LogP contribution is -2.50. The SMILES string of the molecule is CC(C)CC(C)C1CCc2c(ccc(O)c2O)C1(N)O. The van der Waals surface area contributed by atoms with Crippen molar-refractivity contribution in [3.8, 4) is 11.5 Å². The molecule has 5 N–H and O–H groups in total. The van der Waals surface area contributed by atoms with Crippen LogP contribution in [0.2, 0.25) is 0 Å². The van der Waals surface area contributed by atoms with Gasteiger partial charge < -0.3 is 15.3 Å². The minimum atomic E-state index is -1.45. The summed E-state index contributed by atoms with van der Waals surface area (Å²) in [4.78, 5) is 0. The maximum atomic E-state index is 10.8. The molecule has 0 saturated carbocycles. The number of nitrogens with two attached hydrogens (primary N) is 1. The fourth-order valence-electron chi connectivity index (χ4n) is 3.60. The average molecular weight is 279 g/mol. The molecule has 0 radical (unpaired) electrons. The van der Waals surface area contributed by atoms with E-state index in [1.54, 1.807) is 6.07 Å². The molecule has 20 heavy (non-hydrogen) atoms. The molecule has 4 heteroatoms. The molecule has 1 aliphatic rings. The summed E-state index contributed by atoms with van der Waals surface area (Å²) < 4.78 is 0. The van der Waals surface area contributed by atoms with Crippen LogP contribution in [0.5, 0.6) is 11.5 Å². The minimum Gasteiger partial charge on any atom is -0.504 e. The Bertz CT molecular complexity index is 497. The fraction of sp³-hybridized carbons (Fsp3) is 0.625. The maximum Gasteiger partial charge on any atom is 0.161 e. The van der Waals surface area contributed by atoms with Gasteiger partial charge in [-0.15, -0.1) is 0 Å². The quantitative estimate of drug-likeness (QED) is 0.505. The number of phenolic OH excluding ortho intramolecular Hbond substituents is 2. The highest BCUT2D eigenvalue weighted by molar-refractivity contribution is 5.52. The van der Waals surface area contributed by atoms with Crippen LogP contribution < -0.4 is 5.73 Å². The lowest BCUT2D eigenvalue weighted by molar-refractivity contribution is -0.0553. The Labute approximate surface area is 120 Å². The summed E-state index contributed by atoms with van der Waals surface area (Å²) in [5, 5.41) is 30.3. The van der Waals surface area contributed by atoms with E-state index in [0.29, 0.717) is 35.8 Å². The van der Waals surface area contributed by atoms with Gasteiger partial charge in [-0.25, -0.2) is 0 Å². The molecule has 0 fully saturated rings. The number of hydrogen-bond acceptors (Lipinski definition) is 4. The summed E-state index contributed by atoms with van der Waals surface area (Å²) in [6.45, 7) is 6.44. The molecule has 0 spiro atoms. The van der Waals surface area contributed by atoms with Crippen LogP contribution in [0, 0.1) is 17.8 Å². The number of hydrogen-bond donors (Lipinski definition) is 4. The number of phenols is 2. The van der Waals surface area contributed by atoms with Crippen LogP contribution in [0.4, 0.5) is 0 Å². The molecular formula is C16H25NO3. The molecule has 3 atom stereocenters. The molecule has 1 aromatic carbocycles. The third-order valence-corrected chi connectivity index (χ3v) is 4.49. The maximum absolute atomic E-state index is 10.8. The number of aliphatic hydroxyl groups is 1. The van der Waals surface area contributed by atoms with E-state index in [-0.39, 0.29) is 17.4 Å². The molecule has 0 aliphatic heterocycles. The van der Waals surface area contributed by atoms with Gasteiger partial charge >= 0.3 is 0 Å². The predicted molar refractivity (Wildman–Crippen MR) is 78.3 cm³/mol. The van der Waals surface area contributed by atoms with Crippen LogP contribution >= 0.6 is 0 Å². The first-order chi connectivity index (χ1) is 9.25. The minimum absolute atomic E-state index is 0.0404. The summed E-state index contributed by atoms with van der Waals surface area (Å²) in [5.74, 6) is 0.500. The zero-order valence-electron chi connectivity index (χ0n) is 12.4. The molecule has 0 aromatic heterocycles. The Balaban J connectivity index is 2.37. The zero-order chi connectivity index (χ0) is 15.1. The van der Waals surface area contributed by atoms with E-state index in [1.165, 1.54) is 6.07 Å². The smallest absolute Gasteiger partial charge is 0.161 e. The van der Waals surface area contributed by atoms with E-state index in [9.17, 15) is 15.3 Å². The largest absolute Gasteiger partial charge is 0.504 e. The molecule has 2 rings (SSSR count). The van der Waals surface area contributed by atoms with Crippen LogP contribution in [0.3, 0.4) is 0 Å². The van der Waals surface area contributed by atoms with E-state index >= 15 is 0 Å². The van der Waals surface area contributed by atoms with Crippen molar-refractivity contribution in [3.63, 3.8) is 0 Å². The second-order valence-electron chi connectivity index (χ2n) is 6.54. The van der Waals surface area contributed by atoms with Crippen LogP contribution in [-0.4, -0.2) is 15.3 Å². The fourth-order valence-corrected chi connectivity index (χ4v) is 3.60. The number of rotatable bonds is 3. The first kappa shape index (κ1) is 15.1. The van der Waals surface area contributed by atoms with E-state index in [0.717, 1.165) is 6.42 Å². The molecule has 1 aromatic rings. The summed E-state index contributed by atoms with van der Waals surface area (Å²) in [6, 6.07) is 3.01. The van der Waals surface area contributed by atoms with Gasteiger partial charge in [-0.1, -0.05) is 26.8 Å². The molecular weight excluding hydrogens is 254 g/mol. The molecule has 0 heterocycles. The summed E-state index contributed by atoms with van der Waals surface area (Å²) in [6.07, 6.45) is 2.34. The highest BCUT2D eigenvalue weighted by Gasteiger charge is 2.43. The molecule has 4 nitrogen and oxygen atoms in total. The van der Waals surface area contributed by atoms with E-state index < -0.39 is 5.72 Å². The third-order valence-electron chi connectivity index (χ3n) is 4.49. The highest BCUT2D eigenvalue weighted by atomic mass is 16.3. The summed E-state index contributed by atoms with van der Waals surface area (Å²) in [5.41, 5.74) is 5.85. The standard InChI is InChI=1S/C16H25NO3/c1-9(2)8-10(3)12-5-4-11-13(16(12,17)20)6-7-14(18)15(11)19/h6-7,9-10,12,18-20H,4-5,8,17H2,1-3H3. The normalized spacial score (nSPS) is 27.4. The molecule has 3 unspecified atom stereocenters. The molecule has 112 valence electrons. The van der Waals surface area contributed by atoms with Crippen molar-refractivity contribution in [1.82, 2.24) is 0 Å². The van der Waals surface area contributed by atoms with Crippen molar-refractivity contribution in [2.24, 2.45) is 23.5 Å². The predicted octanol–water partition coefficient (Wildman–Crippen LogP) is 2.45. The van der Waals surface area contributed by atoms with Crippen molar-refractivity contribution in [1.29, 1.82) is 0 Å². The molecule has 0 amide bonds. The summed E-state index contributed by atoms with van der Waals surface area (Å²) >= 11 is 0. The van der Waals surface area contributed by atoms with Crippen molar-refractivity contribution in [3.05, 3.63) is 23.3 Å². The second kappa shape index (κ2) is 5.26. The first-order valence-corrected chi connectivity index (χ1v) is 7.30. The number of benzene rings is 1. The molecule has 1 aliphatic carbocycles. The van der Waals surface area contributed by atoms with Gasteiger partial charge in [0.2, 0.25) is 0 Å². The third kappa shape index (κ3) is 2.50. The van der Waals surface area contributed by atoms with Gasteiger partial charge in [0.15, 0.2) is 11.5 Å². The van der Waals surface area contributed by atoms with Gasteiger partial charge in [-0.2, -0.15) is 0 Å². The van der Waals surface area contributed by atoms with Crippen LogP contribution in [-0.2, 0) is 12.1 Å². The van der Waals surface area contributed by atoms with Crippen molar-refractivity contribution in [2.45, 2.75) is 45.8 Å². The zero-order valence-corrected chi connectivity index (χ0v) is 12.4. The first-order valence-electron chi connectivity index (χ1n) is 7.30. The van der Waals surface area contributed by atoms with E-state index in [2.05, 4.69) is 20.8 Å². The Morgan fingerprint density at radius 1 is 1.30 bits per heavy atom. The second-order valence-corrected chi connectivity index (χ2v) is 6.54. The van der Waals surface area contributed by atoms with Gasteiger partial charge in [0.05, 0.1) is 0 Å². The Morgan fingerprint density at radius 2 is 1.95 bits per heavy atom. The Hall–Kier alpha value is -1.26. The Kier molecular flexibility index (Phi) is 3.98. The van der Waals surface area contributed by atoms with Gasteiger partial charge in [0.1, 0.15) is 5.72 Å². The average Bonchev–Trinajstić information content (AvgIpc) is 2.32. The van der Waals surface area contributed by atoms with Gasteiger partial charge in [0, 0.05) is 17.0 Å². The van der Waals surface area contributed by atoms with Crippen LogP contribution in [0.15, 0.2) is 12.1 Å². The topological polar surface area (TPSA) is 86.7 Å². The number of fused-ring (bicyclic) bond motifs is 1. The monoisotopic (exact) mass is 279 g/mol. The molecule has 0 bridgehead atoms. The lowest BCUT2D eigenvalue weighted by atomic mass is 9.70. The lowest BCUT2D eigenvalue weighted by Gasteiger charge is -2.42. The van der Waals surface area contributed by atoms with Crippen molar-refractivity contribution >= 4 is 0 Å². The van der Waals surface area contributed by atoms with Crippen molar-refractivity contribution < 1.29 is 15.3 Å². The van der Waals surface area contributed by atoms with E-state index in [1.807, 2.05) is 0 Å². The van der Waals surface area contributed by atoms with Gasteiger partial charge in [-0.3, -0.25) is 5.73 Å². The Morgan fingerprint density at radius 3 is 2.55 bits per heavy atom. The summed E-state index contributed by atoms with van der Waals surface area (Å²) in [7, 11) is 0. The van der Waals surface area contributed by atoms with Crippen molar-refractivity contribution in [2.75, 3.05) is 0 Å². The van der Waals surface area contributed by atoms with Gasteiger partial charge in [0.25, 0.3) is 0 Å². The van der Waals surface area contributed by atoms with Gasteiger partial charge in [-0.05, 0) is 37.2 Å². The molecule has 0 saturated heterocycles.